The summed E-state index contributed by atoms with van der Waals surface area (Å²) in [7, 11) is 1.87. The average molecular weight is 311 g/mol. The quantitative estimate of drug-likeness (QED) is 0.426. The van der Waals surface area contributed by atoms with E-state index in [1.165, 1.54) is 0 Å². The van der Waals surface area contributed by atoms with E-state index in [1.54, 1.807) is 0 Å². The van der Waals surface area contributed by atoms with Crippen LogP contribution in [0.15, 0.2) is 0 Å². The van der Waals surface area contributed by atoms with Crippen LogP contribution < -0.4 is 10.4 Å². The summed E-state index contributed by atoms with van der Waals surface area (Å²) in [4.78, 5) is 7.89. The van der Waals surface area contributed by atoms with Crippen molar-refractivity contribution in [1.82, 2.24) is 15.1 Å². The summed E-state index contributed by atoms with van der Waals surface area (Å²) in [5.74, 6) is 0.177. The summed E-state index contributed by atoms with van der Waals surface area (Å²) in [5.41, 5.74) is 6.10. The van der Waals surface area contributed by atoms with Gasteiger partial charge < -0.3 is 5.73 Å². The number of aromatic amines is 1. The van der Waals surface area contributed by atoms with Crippen molar-refractivity contribution < 1.29 is 4.68 Å². The van der Waals surface area contributed by atoms with Crippen LogP contribution in [0.25, 0.3) is 11.0 Å². The van der Waals surface area contributed by atoms with Gasteiger partial charge >= 0.3 is 0 Å². The van der Waals surface area contributed by atoms with E-state index in [4.69, 9.17) is 17.3 Å². The normalized spacial score (nSPS) is 11.0. The van der Waals surface area contributed by atoms with Crippen molar-refractivity contribution in [2.45, 2.75) is 0 Å². The van der Waals surface area contributed by atoms with Crippen molar-refractivity contribution in [3.05, 3.63) is 8.85 Å². The van der Waals surface area contributed by atoms with Gasteiger partial charge in [0.25, 0.3) is 3.70 Å². The van der Waals surface area contributed by atoms with Crippen molar-refractivity contribution in [3.63, 3.8) is 0 Å². The van der Waals surface area contributed by atoms with E-state index in [2.05, 4.69) is 37.7 Å². The third kappa shape index (κ3) is 1.33. The molecule has 2 rings (SSSR count). The van der Waals surface area contributed by atoms with Crippen LogP contribution in [0.5, 0.6) is 0 Å². The number of nitrogens with one attached hydrogen (secondary N) is 1. The number of hydrogen-bond acceptors (Lipinski definition) is 3. The van der Waals surface area contributed by atoms with Crippen LogP contribution in [-0.2, 0) is 7.05 Å². The Kier molecular flexibility index (Phi) is 2.03. The molecular weight excluding hydrogens is 304 g/mol. The second-order valence-corrected chi connectivity index (χ2v) is 3.94. The van der Waals surface area contributed by atoms with Gasteiger partial charge in [0.15, 0.2) is 12.2 Å². The Morgan fingerprint density at radius 1 is 1.54 bits per heavy atom. The van der Waals surface area contributed by atoms with Gasteiger partial charge in [-0.1, -0.05) is 11.6 Å². The summed E-state index contributed by atoms with van der Waals surface area (Å²) in [5, 5.41) is 4.19. The SMILES string of the molecule is C[n+]1[nH]c2nc(N)nc(Cl)c2c1I. The maximum atomic E-state index is 5.91. The molecule has 0 bridgehead atoms. The molecule has 0 fully saturated rings. The molecule has 2 aromatic rings. The summed E-state index contributed by atoms with van der Waals surface area (Å²) in [6, 6.07) is 0. The zero-order valence-electron chi connectivity index (χ0n) is 6.67. The number of rotatable bonds is 0. The van der Waals surface area contributed by atoms with Gasteiger partial charge in [-0.2, -0.15) is 4.98 Å². The Hall–Kier alpha value is -0.630. The number of aryl methyl sites for hydroxylation is 1. The van der Waals surface area contributed by atoms with Gasteiger partial charge in [0, 0.05) is 22.6 Å². The lowest BCUT2D eigenvalue weighted by molar-refractivity contribution is -0.736. The number of anilines is 1. The van der Waals surface area contributed by atoms with Crippen molar-refractivity contribution in [2.75, 3.05) is 5.73 Å². The van der Waals surface area contributed by atoms with Crippen LogP contribution >= 0.6 is 34.2 Å². The topological polar surface area (TPSA) is 71.5 Å². The molecule has 13 heavy (non-hydrogen) atoms. The Morgan fingerprint density at radius 2 is 2.23 bits per heavy atom. The van der Waals surface area contributed by atoms with Gasteiger partial charge in [0.1, 0.15) is 5.39 Å². The highest BCUT2D eigenvalue weighted by molar-refractivity contribution is 14.1. The van der Waals surface area contributed by atoms with Crippen molar-refractivity contribution in [1.29, 1.82) is 0 Å². The number of nitrogens with zero attached hydrogens (tertiary/aromatic N) is 3. The van der Waals surface area contributed by atoms with Crippen LogP contribution in [0.3, 0.4) is 0 Å². The number of fused-ring (bicyclic) bond motifs is 1. The zero-order chi connectivity index (χ0) is 9.59. The van der Waals surface area contributed by atoms with E-state index in [9.17, 15) is 0 Å². The third-order valence-electron chi connectivity index (χ3n) is 1.66. The Morgan fingerprint density at radius 3 is 2.92 bits per heavy atom. The molecule has 0 saturated heterocycles. The van der Waals surface area contributed by atoms with E-state index in [-0.39, 0.29) is 5.95 Å². The lowest BCUT2D eigenvalue weighted by Crippen LogP contribution is -2.32. The fourth-order valence-corrected chi connectivity index (χ4v) is 2.15. The molecule has 68 valence electrons. The van der Waals surface area contributed by atoms with E-state index in [1.807, 2.05) is 11.7 Å². The molecule has 0 aliphatic carbocycles. The third-order valence-corrected chi connectivity index (χ3v) is 3.19. The number of hydrogen-bond donors (Lipinski definition) is 2. The molecule has 2 heterocycles. The van der Waals surface area contributed by atoms with Gasteiger partial charge in [-0.3, -0.25) is 0 Å². The molecule has 0 aromatic carbocycles. The monoisotopic (exact) mass is 310 g/mol. The summed E-state index contributed by atoms with van der Waals surface area (Å²) in [6.45, 7) is 0. The molecule has 3 N–H and O–H groups in total. The van der Waals surface area contributed by atoms with Crippen LogP contribution in [0.2, 0.25) is 5.15 Å². The molecule has 0 saturated carbocycles. The second kappa shape index (κ2) is 2.95. The minimum absolute atomic E-state index is 0.177. The molecule has 7 heteroatoms. The van der Waals surface area contributed by atoms with Gasteiger partial charge in [0.2, 0.25) is 11.6 Å². The maximum Gasteiger partial charge on any atom is 0.278 e. The molecule has 0 spiro atoms. The predicted molar refractivity (Wildman–Crippen MR) is 57.2 cm³/mol. The Labute approximate surface area is 92.4 Å². The number of halogens is 2. The first-order valence-electron chi connectivity index (χ1n) is 3.46. The lowest BCUT2D eigenvalue weighted by atomic mass is 10.4. The average Bonchev–Trinajstić information content (AvgIpc) is 2.27. The zero-order valence-corrected chi connectivity index (χ0v) is 9.59. The fourth-order valence-electron chi connectivity index (χ4n) is 1.09. The number of H-pyrrole nitrogens is 1. The van der Waals surface area contributed by atoms with Crippen molar-refractivity contribution in [2.24, 2.45) is 7.05 Å². The van der Waals surface area contributed by atoms with Gasteiger partial charge in [-0.15, -0.1) is 9.78 Å². The maximum absolute atomic E-state index is 5.91. The van der Waals surface area contributed by atoms with Crippen molar-refractivity contribution in [3.8, 4) is 0 Å². The van der Waals surface area contributed by atoms with Gasteiger partial charge in [0.05, 0.1) is 0 Å². The standard InChI is InChI=1S/C6H5ClIN5/c1-13-4(8)2-3(7)10-6(9)11-5(2)12-13/h1H3,(H2,9,11,12)/p+1. The first-order chi connectivity index (χ1) is 6.09. The summed E-state index contributed by atoms with van der Waals surface area (Å²) < 4.78 is 2.77. The van der Waals surface area contributed by atoms with Gasteiger partial charge in [-0.25, -0.2) is 4.98 Å². The second-order valence-electron chi connectivity index (χ2n) is 2.56. The Balaban J connectivity index is 2.94. The highest BCUT2D eigenvalue weighted by Gasteiger charge is 2.18. The summed E-state index contributed by atoms with van der Waals surface area (Å²) >= 11 is 8.07. The highest BCUT2D eigenvalue weighted by Crippen LogP contribution is 2.22. The first-order valence-corrected chi connectivity index (χ1v) is 4.91. The number of aromatic nitrogens is 4. The Bertz CT molecular complexity index is 479. The minimum Gasteiger partial charge on any atom is -0.368 e. The molecular formula is C6H6ClIN5+. The molecule has 0 unspecified atom stereocenters. The largest absolute Gasteiger partial charge is 0.368 e. The fraction of sp³-hybridized carbons (Fsp3) is 0.167. The molecule has 0 aliphatic rings. The molecule has 0 amide bonds. The van der Waals surface area contributed by atoms with E-state index >= 15 is 0 Å². The molecule has 5 nitrogen and oxygen atoms in total. The molecule has 0 aliphatic heterocycles. The van der Waals surface area contributed by atoms with Crippen LogP contribution in [0, 0.1) is 3.70 Å². The smallest absolute Gasteiger partial charge is 0.278 e. The minimum atomic E-state index is 0.177. The van der Waals surface area contributed by atoms with Crippen LogP contribution in [0.1, 0.15) is 0 Å². The molecule has 0 radical (unpaired) electrons. The highest BCUT2D eigenvalue weighted by atomic mass is 127. The number of nitrogen functional groups attached to an aromatic ring is 1. The van der Waals surface area contributed by atoms with Crippen LogP contribution in [0.4, 0.5) is 5.95 Å². The predicted octanol–water partition coefficient (Wildman–Crippen LogP) is 0.623. The van der Waals surface area contributed by atoms with Crippen molar-refractivity contribution >= 4 is 51.2 Å². The van der Waals surface area contributed by atoms with Gasteiger partial charge in [-0.05, 0) is 0 Å². The number of nitrogens with two attached hydrogens (primary N) is 1. The van der Waals surface area contributed by atoms with E-state index in [0.29, 0.717) is 10.8 Å². The van der Waals surface area contributed by atoms with E-state index < -0.39 is 0 Å². The molecule has 0 atom stereocenters. The summed E-state index contributed by atoms with van der Waals surface area (Å²) in [6.07, 6.45) is 0. The lowest BCUT2D eigenvalue weighted by Gasteiger charge is -1.91. The van der Waals surface area contributed by atoms with Crippen LogP contribution in [-0.4, -0.2) is 15.1 Å². The van der Waals surface area contributed by atoms with E-state index in [0.717, 1.165) is 9.09 Å². The molecule has 2 aromatic heterocycles. The first kappa shape index (κ1) is 8.95.